The second-order valence-corrected chi connectivity index (χ2v) is 7.21. The van der Waals surface area contributed by atoms with Crippen molar-refractivity contribution in [2.75, 3.05) is 51.4 Å². The van der Waals surface area contributed by atoms with Crippen molar-refractivity contribution in [1.82, 2.24) is 15.3 Å². The molecule has 3 N–H and O–H groups in total. The molecule has 1 saturated heterocycles. The number of thiophene rings is 1. The quantitative estimate of drug-likeness (QED) is 0.303. The summed E-state index contributed by atoms with van der Waals surface area (Å²) in [4.78, 5) is 13.6. The number of aryl methyl sites for hydroxylation is 1. The van der Waals surface area contributed by atoms with Crippen LogP contribution in [0.25, 0.3) is 0 Å². The van der Waals surface area contributed by atoms with E-state index in [1.807, 2.05) is 19.2 Å². The van der Waals surface area contributed by atoms with Gasteiger partial charge in [-0.05, 0) is 25.6 Å². The predicted octanol–water partition coefficient (Wildman–Crippen LogP) is 1.25. The van der Waals surface area contributed by atoms with Gasteiger partial charge in [-0.2, -0.15) is 15.1 Å². The number of hydrazone groups is 1. The number of ether oxygens (including phenoxy) is 2. The van der Waals surface area contributed by atoms with Gasteiger partial charge >= 0.3 is 6.01 Å². The first-order valence-electron chi connectivity index (χ1n) is 9.11. The lowest BCUT2D eigenvalue weighted by Crippen LogP contribution is -2.37. The van der Waals surface area contributed by atoms with Crippen LogP contribution in [0, 0.1) is 0 Å². The number of nitrogens with two attached hydrogens (primary N) is 1. The van der Waals surface area contributed by atoms with Gasteiger partial charge in [0.2, 0.25) is 0 Å². The Morgan fingerprint density at radius 1 is 1.37 bits per heavy atom. The molecule has 1 fully saturated rings. The number of rotatable bonds is 8. The maximum Gasteiger partial charge on any atom is 0.319 e. The van der Waals surface area contributed by atoms with Gasteiger partial charge in [-0.25, -0.2) is 0 Å². The van der Waals surface area contributed by atoms with Crippen molar-refractivity contribution in [3.63, 3.8) is 0 Å². The monoisotopic (exact) mass is 390 g/mol. The highest BCUT2D eigenvalue weighted by Gasteiger charge is 2.19. The number of nitrogens with one attached hydrogen (secondary N) is 1. The molecular weight excluding hydrogens is 364 g/mol. The molecule has 0 atom stereocenters. The summed E-state index contributed by atoms with van der Waals surface area (Å²) < 4.78 is 11.2. The number of hydrogen-bond acceptors (Lipinski definition) is 9. The summed E-state index contributed by atoms with van der Waals surface area (Å²) in [6.07, 6.45) is 0.976. The first kappa shape index (κ1) is 19.5. The number of likely N-dealkylation sites (N-methyl/N-ethyl adjacent to an activating group) is 1. The van der Waals surface area contributed by atoms with Crippen molar-refractivity contribution < 1.29 is 9.47 Å². The van der Waals surface area contributed by atoms with Gasteiger partial charge in [0.05, 0.1) is 18.1 Å². The first-order chi connectivity index (χ1) is 13.2. The van der Waals surface area contributed by atoms with E-state index in [4.69, 9.17) is 15.3 Å². The number of morpholine rings is 1. The Labute approximate surface area is 163 Å². The molecule has 0 radical (unpaired) electrons. The largest absolute Gasteiger partial charge is 0.462 e. The van der Waals surface area contributed by atoms with Crippen LogP contribution < -0.4 is 20.8 Å². The number of nitrogens with zero attached hydrogens (tertiary/aromatic N) is 4. The van der Waals surface area contributed by atoms with Crippen LogP contribution in [0.4, 0.5) is 5.82 Å². The van der Waals surface area contributed by atoms with E-state index in [-0.39, 0.29) is 0 Å². The van der Waals surface area contributed by atoms with E-state index in [2.05, 4.69) is 38.3 Å². The van der Waals surface area contributed by atoms with Crippen LogP contribution in [-0.4, -0.2) is 62.2 Å². The van der Waals surface area contributed by atoms with Crippen LogP contribution in [0.1, 0.15) is 22.4 Å². The summed E-state index contributed by atoms with van der Waals surface area (Å²) in [7, 11) is 1.88. The molecule has 0 spiro atoms. The molecule has 9 heteroatoms. The average Bonchev–Trinajstić information content (AvgIpc) is 3.18. The fourth-order valence-corrected chi connectivity index (χ4v) is 3.70. The lowest BCUT2D eigenvalue weighted by molar-refractivity contribution is 0.122. The topological polar surface area (TPSA) is 97.9 Å². The Balaban J connectivity index is 1.94. The highest BCUT2D eigenvalue weighted by Crippen LogP contribution is 2.24. The second-order valence-electron chi connectivity index (χ2n) is 6.04. The Kier molecular flexibility index (Phi) is 6.97. The fraction of sp³-hybridized carbons (Fsp3) is 0.500. The Morgan fingerprint density at radius 2 is 2.19 bits per heavy atom. The molecule has 146 valence electrons. The molecule has 0 aromatic carbocycles. The van der Waals surface area contributed by atoms with Gasteiger partial charge in [0.25, 0.3) is 0 Å². The smallest absolute Gasteiger partial charge is 0.319 e. The van der Waals surface area contributed by atoms with E-state index in [0.29, 0.717) is 43.8 Å². The highest BCUT2D eigenvalue weighted by atomic mass is 32.1. The zero-order valence-electron chi connectivity index (χ0n) is 15.8. The lowest BCUT2D eigenvalue weighted by atomic mass is 10.2. The molecule has 2 aromatic heterocycles. The van der Waals surface area contributed by atoms with E-state index in [1.165, 1.54) is 4.88 Å². The van der Waals surface area contributed by atoms with Crippen molar-refractivity contribution in [1.29, 1.82) is 0 Å². The standard InChI is InChI=1S/C18H26N6O2S/c1-3-13-4-5-15(27-13)17(23-19)14-12-16(24-7-10-25-11-8-24)22-18(21-14)26-9-6-20-2/h4-5,12,20H,3,6-11,19H2,1-2H3/b23-17+. The summed E-state index contributed by atoms with van der Waals surface area (Å²) in [6.45, 7) is 6.24. The lowest BCUT2D eigenvalue weighted by Gasteiger charge is -2.28. The van der Waals surface area contributed by atoms with E-state index < -0.39 is 0 Å². The Morgan fingerprint density at radius 3 is 2.85 bits per heavy atom. The minimum Gasteiger partial charge on any atom is -0.462 e. The maximum atomic E-state index is 5.74. The molecule has 1 aliphatic heterocycles. The zero-order valence-corrected chi connectivity index (χ0v) is 16.6. The molecule has 8 nitrogen and oxygen atoms in total. The van der Waals surface area contributed by atoms with Crippen LogP contribution >= 0.6 is 11.3 Å². The molecule has 2 aromatic rings. The van der Waals surface area contributed by atoms with Gasteiger partial charge in [0.15, 0.2) is 0 Å². The number of anilines is 1. The summed E-state index contributed by atoms with van der Waals surface area (Å²) >= 11 is 1.67. The third kappa shape index (κ3) is 4.94. The fourth-order valence-electron chi connectivity index (χ4n) is 2.75. The van der Waals surface area contributed by atoms with Crippen LogP contribution in [0.15, 0.2) is 23.3 Å². The van der Waals surface area contributed by atoms with E-state index in [1.54, 1.807) is 11.3 Å². The highest BCUT2D eigenvalue weighted by molar-refractivity contribution is 7.14. The Hall–Kier alpha value is -2.23. The van der Waals surface area contributed by atoms with Crippen molar-refractivity contribution in [3.05, 3.63) is 33.6 Å². The molecular formula is C18H26N6O2S. The van der Waals surface area contributed by atoms with Crippen LogP contribution in [0.5, 0.6) is 6.01 Å². The molecule has 0 bridgehead atoms. The summed E-state index contributed by atoms with van der Waals surface area (Å²) in [5.41, 5.74) is 1.31. The van der Waals surface area contributed by atoms with Crippen molar-refractivity contribution in [3.8, 4) is 6.01 Å². The summed E-state index contributed by atoms with van der Waals surface area (Å²) in [6, 6.07) is 6.39. The zero-order chi connectivity index (χ0) is 19.1. The molecule has 3 rings (SSSR count). The number of hydrogen-bond donors (Lipinski definition) is 2. The van der Waals surface area contributed by atoms with Crippen molar-refractivity contribution in [2.45, 2.75) is 13.3 Å². The van der Waals surface area contributed by atoms with E-state index >= 15 is 0 Å². The normalized spacial score (nSPS) is 15.2. The molecule has 3 heterocycles. The third-order valence-corrected chi connectivity index (χ3v) is 5.46. The summed E-state index contributed by atoms with van der Waals surface area (Å²) in [5, 5.41) is 7.08. The van der Waals surface area contributed by atoms with E-state index in [0.717, 1.165) is 30.2 Å². The summed E-state index contributed by atoms with van der Waals surface area (Å²) in [5.74, 6) is 6.54. The molecule has 0 amide bonds. The Bertz CT molecular complexity index is 773. The van der Waals surface area contributed by atoms with Crippen LogP contribution in [0.2, 0.25) is 0 Å². The molecule has 27 heavy (non-hydrogen) atoms. The van der Waals surface area contributed by atoms with Gasteiger partial charge < -0.3 is 25.5 Å². The molecule has 1 aliphatic rings. The molecule has 0 saturated carbocycles. The maximum absolute atomic E-state index is 5.74. The average molecular weight is 391 g/mol. The number of aromatic nitrogens is 2. The molecule has 0 unspecified atom stereocenters. The third-order valence-electron chi connectivity index (χ3n) is 4.23. The SMILES string of the molecule is CCc1ccc(/C(=N/N)c2cc(N3CCOCC3)nc(OCCNC)n2)s1. The van der Waals surface area contributed by atoms with Crippen LogP contribution in [0.3, 0.4) is 0 Å². The van der Waals surface area contributed by atoms with Gasteiger partial charge in [0.1, 0.15) is 23.8 Å². The van der Waals surface area contributed by atoms with Gasteiger partial charge in [-0.1, -0.05) is 6.92 Å². The predicted molar refractivity (Wildman–Crippen MR) is 108 cm³/mol. The van der Waals surface area contributed by atoms with Crippen molar-refractivity contribution in [2.24, 2.45) is 10.9 Å². The van der Waals surface area contributed by atoms with Gasteiger partial charge in [-0.15, -0.1) is 11.3 Å². The van der Waals surface area contributed by atoms with Crippen LogP contribution in [-0.2, 0) is 11.2 Å². The minimum atomic E-state index is 0.331. The van der Waals surface area contributed by atoms with E-state index in [9.17, 15) is 0 Å². The minimum absolute atomic E-state index is 0.331. The molecule has 0 aliphatic carbocycles. The van der Waals surface area contributed by atoms with Gasteiger partial charge in [-0.3, -0.25) is 0 Å². The van der Waals surface area contributed by atoms with Gasteiger partial charge in [0, 0.05) is 30.6 Å². The van der Waals surface area contributed by atoms with Crippen molar-refractivity contribution >= 4 is 22.9 Å². The second kappa shape index (κ2) is 9.63. The first-order valence-corrected chi connectivity index (χ1v) is 9.93.